The molecule has 1 fully saturated rings. The Labute approximate surface area is 97.6 Å². The van der Waals surface area contributed by atoms with Crippen LogP contribution in [0, 0.1) is 0 Å². The predicted molar refractivity (Wildman–Crippen MR) is 61.8 cm³/mol. The Morgan fingerprint density at radius 3 is 2.60 bits per heavy atom. The van der Waals surface area contributed by atoms with Crippen molar-refractivity contribution in [2.45, 2.75) is 23.2 Å². The van der Waals surface area contributed by atoms with Crippen LogP contribution in [0.25, 0.3) is 0 Å². The molecule has 0 atom stereocenters. The Morgan fingerprint density at radius 1 is 1.53 bits per heavy atom. The maximum atomic E-state index is 11.1. The van der Waals surface area contributed by atoms with E-state index in [2.05, 4.69) is 0 Å². The highest BCUT2D eigenvalue weighted by Crippen LogP contribution is 2.49. The van der Waals surface area contributed by atoms with E-state index >= 15 is 0 Å². The van der Waals surface area contributed by atoms with Crippen molar-refractivity contribution in [1.82, 2.24) is 0 Å². The summed E-state index contributed by atoms with van der Waals surface area (Å²) in [6.45, 7) is 0. The largest absolute Gasteiger partial charge is 0.481 e. The van der Waals surface area contributed by atoms with Crippen LogP contribution in [-0.2, 0) is 10.2 Å². The second-order valence-corrected chi connectivity index (χ2v) is 4.99. The number of carboxylic acid groups (broad SMARTS) is 1. The monoisotopic (exact) mass is 242 g/mol. The first-order valence-electron chi connectivity index (χ1n) is 4.67. The van der Waals surface area contributed by atoms with E-state index in [1.807, 2.05) is 18.4 Å². The number of hydrogen-bond donors (Lipinski definition) is 1. The molecule has 0 spiro atoms. The van der Waals surface area contributed by atoms with E-state index in [0.717, 1.165) is 23.3 Å². The van der Waals surface area contributed by atoms with Gasteiger partial charge >= 0.3 is 5.97 Å². The molecular weight excluding hydrogens is 232 g/mol. The summed E-state index contributed by atoms with van der Waals surface area (Å²) >= 11 is 7.62. The molecule has 1 aliphatic carbocycles. The van der Waals surface area contributed by atoms with Crippen molar-refractivity contribution in [3.63, 3.8) is 0 Å². The molecule has 1 aromatic rings. The van der Waals surface area contributed by atoms with E-state index < -0.39 is 11.4 Å². The Hall–Kier alpha value is -0.670. The van der Waals surface area contributed by atoms with Gasteiger partial charge in [-0.2, -0.15) is 0 Å². The average Bonchev–Trinajstić information content (AvgIpc) is 2.98. The fourth-order valence-corrected chi connectivity index (χ4v) is 2.59. The van der Waals surface area contributed by atoms with Gasteiger partial charge in [0.15, 0.2) is 0 Å². The molecule has 1 N–H and O–H groups in total. The Kier molecular flexibility index (Phi) is 2.69. The summed E-state index contributed by atoms with van der Waals surface area (Å²) in [6.07, 6.45) is 3.39. The molecule has 1 saturated carbocycles. The molecule has 80 valence electrons. The van der Waals surface area contributed by atoms with Crippen LogP contribution in [0.2, 0.25) is 5.02 Å². The van der Waals surface area contributed by atoms with Crippen molar-refractivity contribution in [3.8, 4) is 0 Å². The third-order valence-electron chi connectivity index (χ3n) is 2.86. The van der Waals surface area contributed by atoms with Crippen molar-refractivity contribution < 1.29 is 9.90 Å². The van der Waals surface area contributed by atoms with Crippen molar-refractivity contribution in [2.75, 3.05) is 6.26 Å². The standard InChI is InChI=1S/C11H11ClO2S/c1-15-9-3-2-7(6-8(9)12)11(4-5-11)10(13)14/h2-3,6H,4-5H2,1H3,(H,13,14). The summed E-state index contributed by atoms with van der Waals surface area (Å²) in [5, 5.41) is 9.77. The quantitative estimate of drug-likeness (QED) is 0.828. The smallest absolute Gasteiger partial charge is 0.314 e. The van der Waals surface area contributed by atoms with Crippen molar-refractivity contribution in [2.24, 2.45) is 0 Å². The second kappa shape index (κ2) is 3.72. The molecule has 0 heterocycles. The van der Waals surface area contributed by atoms with Gasteiger partial charge in [0.25, 0.3) is 0 Å². The molecular formula is C11H11ClO2S. The van der Waals surface area contributed by atoms with Gasteiger partial charge in [0.1, 0.15) is 0 Å². The van der Waals surface area contributed by atoms with Crippen LogP contribution in [0.15, 0.2) is 23.1 Å². The van der Waals surface area contributed by atoms with E-state index in [-0.39, 0.29) is 0 Å². The summed E-state index contributed by atoms with van der Waals surface area (Å²) < 4.78 is 0. The molecule has 0 aliphatic heterocycles. The summed E-state index contributed by atoms with van der Waals surface area (Å²) in [5.74, 6) is -0.740. The third kappa shape index (κ3) is 1.74. The predicted octanol–water partition coefficient (Wildman–Crippen LogP) is 3.18. The van der Waals surface area contributed by atoms with Crippen LogP contribution >= 0.6 is 23.4 Å². The first-order chi connectivity index (χ1) is 7.10. The number of halogens is 1. The Balaban J connectivity index is 2.39. The van der Waals surface area contributed by atoms with Gasteiger partial charge in [-0.25, -0.2) is 0 Å². The van der Waals surface area contributed by atoms with Gasteiger partial charge in [-0.3, -0.25) is 4.79 Å². The summed E-state index contributed by atoms with van der Waals surface area (Å²) in [5.41, 5.74) is 0.179. The minimum absolute atomic E-state index is 0.646. The minimum atomic E-state index is -0.740. The second-order valence-electron chi connectivity index (χ2n) is 3.74. The summed E-state index contributed by atoms with van der Waals surface area (Å²) in [4.78, 5) is 12.1. The normalized spacial score (nSPS) is 17.5. The van der Waals surface area contributed by atoms with Crippen molar-refractivity contribution >= 4 is 29.3 Å². The number of benzene rings is 1. The molecule has 0 saturated heterocycles. The third-order valence-corrected chi connectivity index (χ3v) is 4.08. The highest BCUT2D eigenvalue weighted by Gasteiger charge is 2.51. The molecule has 4 heteroatoms. The minimum Gasteiger partial charge on any atom is -0.481 e. The fraction of sp³-hybridized carbons (Fsp3) is 0.364. The molecule has 2 rings (SSSR count). The molecule has 0 unspecified atom stereocenters. The van der Waals surface area contributed by atoms with Crippen LogP contribution in [0.5, 0.6) is 0 Å². The van der Waals surface area contributed by atoms with Gasteiger partial charge < -0.3 is 5.11 Å². The van der Waals surface area contributed by atoms with E-state index in [1.54, 1.807) is 17.8 Å². The number of rotatable bonds is 3. The van der Waals surface area contributed by atoms with Gasteiger partial charge in [-0.05, 0) is 36.8 Å². The fourth-order valence-electron chi connectivity index (χ4n) is 1.72. The lowest BCUT2D eigenvalue weighted by Gasteiger charge is -2.11. The van der Waals surface area contributed by atoms with Crippen molar-refractivity contribution in [1.29, 1.82) is 0 Å². The topological polar surface area (TPSA) is 37.3 Å². The summed E-state index contributed by atoms with van der Waals surface area (Å²) in [7, 11) is 0. The molecule has 0 radical (unpaired) electrons. The van der Waals surface area contributed by atoms with Gasteiger partial charge in [-0.1, -0.05) is 17.7 Å². The van der Waals surface area contributed by atoms with E-state index in [4.69, 9.17) is 16.7 Å². The maximum absolute atomic E-state index is 11.1. The lowest BCUT2D eigenvalue weighted by atomic mass is 9.96. The Bertz CT molecular complexity index is 413. The highest BCUT2D eigenvalue weighted by molar-refractivity contribution is 7.98. The van der Waals surface area contributed by atoms with Crippen molar-refractivity contribution in [3.05, 3.63) is 28.8 Å². The highest BCUT2D eigenvalue weighted by atomic mass is 35.5. The molecule has 0 aromatic heterocycles. The number of carbonyl (C=O) groups is 1. The number of aliphatic carboxylic acids is 1. The van der Waals surface area contributed by atoms with E-state index in [0.29, 0.717) is 5.02 Å². The number of carboxylic acids is 1. The molecule has 0 amide bonds. The average molecular weight is 243 g/mol. The van der Waals surface area contributed by atoms with E-state index in [1.165, 1.54) is 0 Å². The number of thioether (sulfide) groups is 1. The van der Waals surface area contributed by atoms with Gasteiger partial charge in [-0.15, -0.1) is 11.8 Å². The summed E-state index contributed by atoms with van der Waals surface area (Å²) in [6, 6.07) is 5.55. The van der Waals surface area contributed by atoms with Crippen LogP contribution in [0.3, 0.4) is 0 Å². The molecule has 2 nitrogen and oxygen atoms in total. The first-order valence-corrected chi connectivity index (χ1v) is 6.28. The SMILES string of the molecule is CSc1ccc(C2(C(=O)O)CC2)cc1Cl. The zero-order valence-electron chi connectivity index (χ0n) is 8.29. The lowest BCUT2D eigenvalue weighted by Crippen LogP contribution is -2.19. The molecule has 1 aliphatic rings. The van der Waals surface area contributed by atoms with Crippen LogP contribution < -0.4 is 0 Å². The molecule has 0 bridgehead atoms. The molecule has 1 aromatic carbocycles. The zero-order valence-corrected chi connectivity index (χ0v) is 9.86. The number of hydrogen-bond acceptors (Lipinski definition) is 2. The molecule has 15 heavy (non-hydrogen) atoms. The Morgan fingerprint density at radius 2 is 2.20 bits per heavy atom. The zero-order chi connectivity index (χ0) is 11.1. The van der Waals surface area contributed by atoms with Gasteiger partial charge in [0.05, 0.1) is 10.4 Å². The van der Waals surface area contributed by atoms with Crippen LogP contribution in [-0.4, -0.2) is 17.3 Å². The van der Waals surface area contributed by atoms with E-state index in [9.17, 15) is 4.79 Å². The van der Waals surface area contributed by atoms with Crippen LogP contribution in [0.4, 0.5) is 0 Å². The van der Waals surface area contributed by atoms with Gasteiger partial charge in [0.2, 0.25) is 0 Å². The maximum Gasteiger partial charge on any atom is 0.314 e. The lowest BCUT2D eigenvalue weighted by molar-refractivity contribution is -0.140. The van der Waals surface area contributed by atoms with Crippen LogP contribution in [0.1, 0.15) is 18.4 Å². The first kappa shape index (κ1) is 10.8. The van der Waals surface area contributed by atoms with Gasteiger partial charge in [0, 0.05) is 4.90 Å².